The van der Waals surface area contributed by atoms with E-state index >= 15 is 0 Å². The van der Waals surface area contributed by atoms with Crippen LogP contribution < -0.4 is 5.32 Å². The van der Waals surface area contributed by atoms with Crippen LogP contribution in [-0.4, -0.2) is 35.6 Å². The molecule has 0 spiro atoms. The van der Waals surface area contributed by atoms with E-state index in [1.54, 1.807) is 11.3 Å². The molecule has 0 atom stereocenters. The van der Waals surface area contributed by atoms with E-state index in [9.17, 15) is 0 Å². The molecule has 0 bridgehead atoms. The highest BCUT2D eigenvalue weighted by atomic mass is 35.5. The van der Waals surface area contributed by atoms with Crippen LogP contribution in [0.2, 0.25) is 0 Å². The molecule has 3 nitrogen and oxygen atoms in total. The molecule has 1 aliphatic carbocycles. The summed E-state index contributed by atoms with van der Waals surface area (Å²) in [5.41, 5.74) is 3.76. The Labute approximate surface area is 161 Å². The maximum absolute atomic E-state index is 4.85. The quantitative estimate of drug-likeness (QED) is 0.803. The van der Waals surface area contributed by atoms with Crippen LogP contribution in [-0.2, 0) is 6.54 Å². The molecule has 2 aromatic rings. The van der Waals surface area contributed by atoms with E-state index in [1.807, 2.05) is 0 Å². The second-order valence-electron chi connectivity index (χ2n) is 7.41. The van der Waals surface area contributed by atoms with Gasteiger partial charge in [0.25, 0.3) is 0 Å². The molecule has 2 heterocycles. The Kier molecular flexibility index (Phi) is 6.50. The fourth-order valence-electron chi connectivity index (χ4n) is 3.39. The third-order valence-electron chi connectivity index (χ3n) is 5.22. The Morgan fingerprint density at radius 2 is 1.84 bits per heavy atom. The minimum atomic E-state index is 0. The van der Waals surface area contributed by atoms with E-state index in [4.69, 9.17) is 4.98 Å². The molecule has 2 fully saturated rings. The van der Waals surface area contributed by atoms with Gasteiger partial charge in [-0.1, -0.05) is 29.8 Å². The first-order chi connectivity index (χ1) is 11.8. The number of likely N-dealkylation sites (tertiary alicyclic amines) is 1. The first-order valence-electron chi connectivity index (χ1n) is 9.23. The molecule has 1 aromatic carbocycles. The first kappa shape index (κ1) is 18.8. The van der Waals surface area contributed by atoms with Crippen LogP contribution in [0.4, 0.5) is 0 Å². The molecule has 1 saturated heterocycles. The Morgan fingerprint density at radius 1 is 1.12 bits per heavy atom. The SMILES string of the molecule is Cc1ccc(-c2nc(CN3CCC(NCC4CC4)CC3)cs2)cc1.Cl. The van der Waals surface area contributed by atoms with Gasteiger partial charge in [0, 0.05) is 36.6 Å². The molecular weight excluding hydrogens is 350 g/mol. The lowest BCUT2D eigenvalue weighted by Gasteiger charge is -2.32. The standard InChI is InChI=1S/C20H27N3S.ClH/c1-15-2-6-17(7-3-15)20-22-19(14-24-20)13-23-10-8-18(9-11-23)21-12-16-4-5-16;/h2-3,6-7,14,16,18,21H,4-5,8-13H2,1H3;1H. The summed E-state index contributed by atoms with van der Waals surface area (Å²) >= 11 is 1.77. The van der Waals surface area contributed by atoms with Gasteiger partial charge in [-0.05, 0) is 45.1 Å². The lowest BCUT2D eigenvalue weighted by molar-refractivity contribution is 0.188. The highest BCUT2D eigenvalue weighted by Crippen LogP contribution is 2.28. The van der Waals surface area contributed by atoms with Crippen LogP contribution in [0.25, 0.3) is 10.6 Å². The van der Waals surface area contributed by atoms with Crippen LogP contribution in [0.3, 0.4) is 0 Å². The average molecular weight is 378 g/mol. The number of nitrogens with zero attached hydrogens (tertiary/aromatic N) is 2. The van der Waals surface area contributed by atoms with Crippen molar-refractivity contribution in [2.24, 2.45) is 5.92 Å². The molecule has 2 aliphatic rings. The molecule has 5 heteroatoms. The smallest absolute Gasteiger partial charge is 0.123 e. The molecule has 0 radical (unpaired) electrons. The molecule has 1 N–H and O–H groups in total. The Balaban J connectivity index is 0.00000182. The largest absolute Gasteiger partial charge is 0.314 e. The second kappa shape index (κ2) is 8.63. The van der Waals surface area contributed by atoms with Gasteiger partial charge in [-0.3, -0.25) is 4.90 Å². The molecule has 1 aromatic heterocycles. The number of thiazole rings is 1. The summed E-state index contributed by atoms with van der Waals surface area (Å²) < 4.78 is 0. The van der Waals surface area contributed by atoms with Crippen molar-refractivity contribution in [2.75, 3.05) is 19.6 Å². The first-order valence-corrected chi connectivity index (χ1v) is 10.1. The predicted molar refractivity (Wildman–Crippen MR) is 109 cm³/mol. The van der Waals surface area contributed by atoms with E-state index in [-0.39, 0.29) is 12.4 Å². The Bertz CT molecular complexity index is 658. The molecule has 136 valence electrons. The number of hydrogen-bond acceptors (Lipinski definition) is 4. The van der Waals surface area contributed by atoms with Crippen molar-refractivity contribution in [3.05, 3.63) is 40.9 Å². The van der Waals surface area contributed by atoms with Gasteiger partial charge in [-0.2, -0.15) is 0 Å². The monoisotopic (exact) mass is 377 g/mol. The average Bonchev–Trinajstić information content (AvgIpc) is 3.33. The van der Waals surface area contributed by atoms with Crippen LogP contribution in [0.1, 0.15) is 36.9 Å². The minimum Gasteiger partial charge on any atom is -0.314 e. The van der Waals surface area contributed by atoms with Crippen LogP contribution in [0.5, 0.6) is 0 Å². The van der Waals surface area contributed by atoms with E-state index in [0.717, 1.165) is 23.5 Å². The van der Waals surface area contributed by atoms with E-state index in [2.05, 4.69) is 46.8 Å². The van der Waals surface area contributed by atoms with Gasteiger partial charge in [0.2, 0.25) is 0 Å². The lowest BCUT2D eigenvalue weighted by atomic mass is 10.0. The van der Waals surface area contributed by atoms with Crippen molar-refractivity contribution in [2.45, 2.75) is 45.2 Å². The molecule has 25 heavy (non-hydrogen) atoms. The number of piperidine rings is 1. The van der Waals surface area contributed by atoms with Crippen molar-refractivity contribution in [3.8, 4) is 10.6 Å². The van der Waals surface area contributed by atoms with Gasteiger partial charge in [-0.25, -0.2) is 4.98 Å². The summed E-state index contributed by atoms with van der Waals surface area (Å²) in [6.45, 7) is 6.76. The molecule has 1 aliphatic heterocycles. The fraction of sp³-hybridized carbons (Fsp3) is 0.550. The van der Waals surface area contributed by atoms with Gasteiger partial charge in [0.05, 0.1) is 5.69 Å². The molecule has 0 amide bonds. The second-order valence-corrected chi connectivity index (χ2v) is 8.27. The number of rotatable bonds is 6. The number of hydrogen-bond donors (Lipinski definition) is 1. The number of benzene rings is 1. The fourth-order valence-corrected chi connectivity index (χ4v) is 4.20. The van der Waals surface area contributed by atoms with E-state index < -0.39 is 0 Å². The maximum atomic E-state index is 4.85. The highest BCUT2D eigenvalue weighted by molar-refractivity contribution is 7.13. The third-order valence-corrected chi connectivity index (χ3v) is 6.16. The molecular formula is C20H28ClN3S. The summed E-state index contributed by atoms with van der Waals surface area (Å²) in [6, 6.07) is 9.41. The summed E-state index contributed by atoms with van der Waals surface area (Å²) in [5, 5.41) is 7.13. The zero-order chi connectivity index (χ0) is 16.4. The number of aromatic nitrogens is 1. The summed E-state index contributed by atoms with van der Waals surface area (Å²) in [6.07, 6.45) is 5.45. The van der Waals surface area contributed by atoms with Crippen LogP contribution >= 0.6 is 23.7 Å². The van der Waals surface area contributed by atoms with Gasteiger partial charge in [-0.15, -0.1) is 23.7 Å². The van der Waals surface area contributed by atoms with Crippen LogP contribution in [0, 0.1) is 12.8 Å². The summed E-state index contributed by atoms with van der Waals surface area (Å²) in [7, 11) is 0. The number of nitrogens with one attached hydrogen (secondary N) is 1. The minimum absolute atomic E-state index is 0. The van der Waals surface area contributed by atoms with E-state index in [0.29, 0.717) is 0 Å². The maximum Gasteiger partial charge on any atom is 0.123 e. The normalized spacial score (nSPS) is 18.9. The third kappa shape index (κ3) is 5.27. The highest BCUT2D eigenvalue weighted by Gasteiger charge is 2.24. The molecule has 1 saturated carbocycles. The van der Waals surface area contributed by atoms with Gasteiger partial charge in [0.1, 0.15) is 5.01 Å². The van der Waals surface area contributed by atoms with Gasteiger partial charge >= 0.3 is 0 Å². The Hall–Kier alpha value is -0.940. The lowest BCUT2D eigenvalue weighted by Crippen LogP contribution is -2.42. The van der Waals surface area contributed by atoms with Crippen LogP contribution in [0.15, 0.2) is 29.6 Å². The number of halogens is 1. The van der Waals surface area contributed by atoms with Crippen molar-refractivity contribution in [1.82, 2.24) is 15.2 Å². The summed E-state index contributed by atoms with van der Waals surface area (Å²) in [5.74, 6) is 0.984. The van der Waals surface area contributed by atoms with E-state index in [1.165, 1.54) is 62.1 Å². The number of aryl methyl sites for hydroxylation is 1. The van der Waals surface area contributed by atoms with Gasteiger partial charge in [0.15, 0.2) is 0 Å². The van der Waals surface area contributed by atoms with Crippen molar-refractivity contribution in [3.63, 3.8) is 0 Å². The summed E-state index contributed by atoms with van der Waals surface area (Å²) in [4.78, 5) is 7.41. The van der Waals surface area contributed by atoms with Crippen molar-refractivity contribution >= 4 is 23.7 Å². The molecule has 0 unspecified atom stereocenters. The zero-order valence-corrected chi connectivity index (χ0v) is 16.5. The van der Waals surface area contributed by atoms with Crippen molar-refractivity contribution in [1.29, 1.82) is 0 Å². The Morgan fingerprint density at radius 3 is 2.52 bits per heavy atom. The van der Waals surface area contributed by atoms with Gasteiger partial charge < -0.3 is 5.32 Å². The predicted octanol–water partition coefficient (Wildman–Crippen LogP) is 4.50. The topological polar surface area (TPSA) is 28.2 Å². The van der Waals surface area contributed by atoms with Crippen molar-refractivity contribution < 1.29 is 0 Å². The zero-order valence-electron chi connectivity index (χ0n) is 14.9. The molecule has 4 rings (SSSR count).